The quantitative estimate of drug-likeness (QED) is 0.756. The molecule has 0 saturated heterocycles. The lowest BCUT2D eigenvalue weighted by molar-refractivity contribution is 0.0951. The molecular weight excluding hydrogens is 314 g/mol. The first-order valence-corrected chi connectivity index (χ1v) is 8.98. The van der Waals surface area contributed by atoms with Crippen LogP contribution >= 0.6 is 11.6 Å². The Morgan fingerprint density at radius 2 is 2.00 bits per heavy atom. The van der Waals surface area contributed by atoms with Crippen molar-refractivity contribution in [1.82, 2.24) is 10.3 Å². The summed E-state index contributed by atoms with van der Waals surface area (Å²) >= 11 is 5.95. The molecule has 8 heteroatoms. The highest BCUT2D eigenvalue weighted by atomic mass is 35.5. The fourth-order valence-corrected chi connectivity index (χ4v) is 2.39. The second kappa shape index (κ2) is 8.19. The Hall–Kier alpha value is -1.34. The predicted molar refractivity (Wildman–Crippen MR) is 84.7 cm³/mol. The van der Waals surface area contributed by atoms with E-state index in [9.17, 15) is 13.2 Å². The van der Waals surface area contributed by atoms with E-state index in [2.05, 4.69) is 15.6 Å². The van der Waals surface area contributed by atoms with Gasteiger partial charge in [0.2, 0.25) is 0 Å². The number of anilines is 1. The van der Waals surface area contributed by atoms with Gasteiger partial charge in [0.15, 0.2) is 9.84 Å². The third kappa shape index (κ3) is 5.89. The van der Waals surface area contributed by atoms with Crippen LogP contribution in [0, 0.1) is 0 Å². The van der Waals surface area contributed by atoms with Gasteiger partial charge in [0.1, 0.15) is 11.5 Å². The van der Waals surface area contributed by atoms with Crippen LogP contribution in [0.3, 0.4) is 0 Å². The molecule has 0 aliphatic rings. The molecule has 0 saturated carbocycles. The van der Waals surface area contributed by atoms with Gasteiger partial charge >= 0.3 is 0 Å². The topological polar surface area (TPSA) is 88.2 Å². The summed E-state index contributed by atoms with van der Waals surface area (Å²) in [5, 5.41) is 5.81. The zero-order valence-electron chi connectivity index (χ0n) is 12.1. The maximum Gasteiger partial charge on any atom is 0.271 e. The van der Waals surface area contributed by atoms with E-state index in [4.69, 9.17) is 11.6 Å². The van der Waals surface area contributed by atoms with Crippen molar-refractivity contribution in [1.29, 1.82) is 0 Å². The smallest absolute Gasteiger partial charge is 0.271 e. The van der Waals surface area contributed by atoms with Crippen LogP contribution in [0.4, 0.5) is 5.82 Å². The Labute approximate surface area is 130 Å². The zero-order chi connectivity index (χ0) is 15.9. The molecule has 0 aliphatic carbocycles. The van der Waals surface area contributed by atoms with Crippen molar-refractivity contribution >= 4 is 33.2 Å². The molecule has 0 spiro atoms. The molecular formula is C13H20ClN3O3S. The third-order valence-corrected chi connectivity index (χ3v) is 4.77. The molecule has 1 amide bonds. The number of carbonyl (C=O) groups is 1. The van der Waals surface area contributed by atoms with E-state index in [1.165, 1.54) is 0 Å². The number of hydrogen-bond acceptors (Lipinski definition) is 5. The highest BCUT2D eigenvalue weighted by Gasteiger charge is 2.14. The lowest BCUT2D eigenvalue weighted by Crippen LogP contribution is -2.30. The SMILES string of the molecule is CCCNc1ccc(Cl)c(C(=O)NCCS(=O)(=O)CC)n1. The molecule has 21 heavy (non-hydrogen) atoms. The molecule has 0 aromatic carbocycles. The molecule has 1 aromatic rings. The van der Waals surface area contributed by atoms with Crippen molar-refractivity contribution in [2.75, 3.05) is 29.9 Å². The van der Waals surface area contributed by atoms with Gasteiger partial charge in [0.25, 0.3) is 5.91 Å². The molecule has 118 valence electrons. The van der Waals surface area contributed by atoms with Gasteiger partial charge in [-0.1, -0.05) is 25.4 Å². The van der Waals surface area contributed by atoms with E-state index in [0.717, 1.165) is 13.0 Å². The maximum atomic E-state index is 12.0. The molecule has 1 aromatic heterocycles. The van der Waals surface area contributed by atoms with Gasteiger partial charge in [0, 0.05) is 18.8 Å². The van der Waals surface area contributed by atoms with E-state index >= 15 is 0 Å². The van der Waals surface area contributed by atoms with Gasteiger partial charge in [0.05, 0.1) is 10.8 Å². The number of hydrogen-bond donors (Lipinski definition) is 2. The second-order valence-electron chi connectivity index (χ2n) is 4.45. The Bertz CT molecular complexity index is 590. The predicted octanol–water partition coefficient (Wildman–Crippen LogP) is 1.72. The monoisotopic (exact) mass is 333 g/mol. The van der Waals surface area contributed by atoms with E-state index in [1.807, 2.05) is 6.92 Å². The first kappa shape index (κ1) is 17.7. The Kier molecular flexibility index (Phi) is 6.91. The molecule has 1 heterocycles. The molecule has 2 N–H and O–H groups in total. The van der Waals surface area contributed by atoms with Crippen LogP contribution in [-0.2, 0) is 9.84 Å². The van der Waals surface area contributed by atoms with Gasteiger partial charge < -0.3 is 10.6 Å². The maximum absolute atomic E-state index is 12.0. The summed E-state index contributed by atoms with van der Waals surface area (Å²) in [4.78, 5) is 16.1. The summed E-state index contributed by atoms with van der Waals surface area (Å²) in [7, 11) is -3.11. The van der Waals surface area contributed by atoms with Crippen LogP contribution in [0.1, 0.15) is 30.8 Å². The van der Waals surface area contributed by atoms with Gasteiger partial charge in [-0.05, 0) is 18.6 Å². The third-order valence-electron chi connectivity index (χ3n) is 2.76. The Balaban J connectivity index is 2.68. The number of halogens is 1. The summed E-state index contributed by atoms with van der Waals surface area (Å²) in [5.74, 6) is 0.0397. The standard InChI is InChI=1S/C13H20ClN3O3S/c1-3-7-15-11-6-5-10(14)12(17-11)13(18)16-8-9-21(19,20)4-2/h5-6H,3-4,7-9H2,1-2H3,(H,15,17)(H,16,18). The van der Waals surface area contributed by atoms with Gasteiger partial charge in [-0.15, -0.1) is 0 Å². The molecule has 0 aliphatic heterocycles. The fourth-order valence-electron chi connectivity index (χ4n) is 1.50. The number of pyridine rings is 1. The molecule has 0 fully saturated rings. The fraction of sp³-hybridized carbons (Fsp3) is 0.538. The van der Waals surface area contributed by atoms with Gasteiger partial charge in [-0.3, -0.25) is 4.79 Å². The minimum Gasteiger partial charge on any atom is -0.370 e. The molecule has 0 radical (unpaired) electrons. The van der Waals surface area contributed by atoms with Crippen molar-refractivity contribution in [2.24, 2.45) is 0 Å². The number of sulfone groups is 1. The number of nitrogens with zero attached hydrogens (tertiary/aromatic N) is 1. The highest BCUT2D eigenvalue weighted by Crippen LogP contribution is 2.16. The first-order chi connectivity index (χ1) is 9.89. The lowest BCUT2D eigenvalue weighted by atomic mass is 10.3. The molecule has 0 unspecified atom stereocenters. The van der Waals surface area contributed by atoms with Crippen molar-refractivity contribution in [2.45, 2.75) is 20.3 Å². The lowest BCUT2D eigenvalue weighted by Gasteiger charge is -2.09. The summed E-state index contributed by atoms with van der Waals surface area (Å²) < 4.78 is 22.7. The molecule has 6 nitrogen and oxygen atoms in total. The number of carbonyl (C=O) groups excluding carboxylic acids is 1. The van der Waals surface area contributed by atoms with Crippen LogP contribution in [0.2, 0.25) is 5.02 Å². The number of nitrogens with one attached hydrogen (secondary N) is 2. The van der Waals surface area contributed by atoms with Gasteiger partial charge in [-0.25, -0.2) is 13.4 Å². The van der Waals surface area contributed by atoms with Crippen LogP contribution < -0.4 is 10.6 Å². The van der Waals surface area contributed by atoms with Crippen LogP contribution in [0.15, 0.2) is 12.1 Å². The zero-order valence-corrected chi connectivity index (χ0v) is 13.7. The Morgan fingerprint density at radius 3 is 2.62 bits per heavy atom. The van der Waals surface area contributed by atoms with Crippen LogP contribution in [0.25, 0.3) is 0 Å². The molecule has 1 rings (SSSR count). The van der Waals surface area contributed by atoms with Crippen molar-refractivity contribution < 1.29 is 13.2 Å². The average molecular weight is 334 g/mol. The van der Waals surface area contributed by atoms with E-state index in [1.54, 1.807) is 19.1 Å². The largest absolute Gasteiger partial charge is 0.370 e. The Morgan fingerprint density at radius 1 is 1.29 bits per heavy atom. The average Bonchev–Trinajstić information content (AvgIpc) is 2.46. The van der Waals surface area contributed by atoms with E-state index < -0.39 is 15.7 Å². The van der Waals surface area contributed by atoms with Crippen molar-refractivity contribution in [3.8, 4) is 0 Å². The number of rotatable bonds is 8. The normalized spacial score (nSPS) is 11.2. The second-order valence-corrected chi connectivity index (χ2v) is 7.33. The number of amides is 1. The summed E-state index contributed by atoms with van der Waals surface area (Å²) in [6.45, 7) is 4.37. The van der Waals surface area contributed by atoms with Crippen molar-refractivity contribution in [3.05, 3.63) is 22.8 Å². The van der Waals surface area contributed by atoms with E-state index in [-0.39, 0.29) is 28.8 Å². The first-order valence-electron chi connectivity index (χ1n) is 6.78. The van der Waals surface area contributed by atoms with Crippen LogP contribution in [-0.4, -0.2) is 43.9 Å². The summed E-state index contributed by atoms with van der Waals surface area (Å²) in [5.41, 5.74) is 0.0895. The van der Waals surface area contributed by atoms with Crippen LogP contribution in [0.5, 0.6) is 0 Å². The molecule has 0 bridgehead atoms. The minimum atomic E-state index is -3.11. The van der Waals surface area contributed by atoms with E-state index in [0.29, 0.717) is 5.82 Å². The summed E-state index contributed by atoms with van der Waals surface area (Å²) in [6, 6.07) is 3.28. The van der Waals surface area contributed by atoms with Gasteiger partial charge in [-0.2, -0.15) is 0 Å². The summed E-state index contributed by atoms with van der Waals surface area (Å²) in [6.07, 6.45) is 0.931. The number of aromatic nitrogens is 1. The van der Waals surface area contributed by atoms with Crippen molar-refractivity contribution in [3.63, 3.8) is 0 Å². The molecule has 0 atom stereocenters. The highest BCUT2D eigenvalue weighted by molar-refractivity contribution is 7.91. The minimum absolute atomic E-state index is 0.0413.